The molecule has 0 aromatic rings. The Morgan fingerprint density at radius 3 is 2.57 bits per heavy atom. The van der Waals surface area contributed by atoms with Gasteiger partial charge in [0.1, 0.15) is 5.83 Å². The number of fused-ring (bicyclic) bond motifs is 5. The van der Waals surface area contributed by atoms with Crippen LogP contribution in [0.2, 0.25) is 0 Å². The molecular formula is C25H39FO2. The van der Waals surface area contributed by atoms with Crippen LogP contribution in [0.1, 0.15) is 85.0 Å². The summed E-state index contributed by atoms with van der Waals surface area (Å²) in [5, 5.41) is 20.1. The molecule has 2 nitrogen and oxygen atoms in total. The molecule has 0 aliphatic heterocycles. The van der Waals surface area contributed by atoms with Crippen LogP contribution in [-0.4, -0.2) is 22.9 Å². The van der Waals surface area contributed by atoms with E-state index in [2.05, 4.69) is 26.8 Å². The molecular weight excluding hydrogens is 351 g/mol. The molecule has 0 heterocycles. The second kappa shape index (κ2) is 7.54. The molecule has 4 aliphatic rings. The fraction of sp³-hybridized carbons (Fsp3) is 0.840. The maximum absolute atomic E-state index is 14.4. The van der Waals surface area contributed by atoms with Crippen molar-refractivity contribution in [2.45, 2.75) is 91.1 Å². The van der Waals surface area contributed by atoms with Gasteiger partial charge in [0.2, 0.25) is 0 Å². The molecule has 0 spiro atoms. The van der Waals surface area contributed by atoms with Crippen molar-refractivity contribution in [2.24, 2.45) is 34.5 Å². The summed E-state index contributed by atoms with van der Waals surface area (Å²) in [4.78, 5) is 0. The summed E-state index contributed by atoms with van der Waals surface area (Å²) >= 11 is 0. The van der Waals surface area contributed by atoms with Crippen LogP contribution >= 0.6 is 0 Å². The summed E-state index contributed by atoms with van der Waals surface area (Å²) in [7, 11) is 0. The maximum atomic E-state index is 14.4. The van der Waals surface area contributed by atoms with Crippen molar-refractivity contribution in [1.82, 2.24) is 0 Å². The highest BCUT2D eigenvalue weighted by molar-refractivity contribution is 5.31. The van der Waals surface area contributed by atoms with Crippen LogP contribution in [-0.2, 0) is 0 Å². The molecule has 3 fully saturated rings. The van der Waals surface area contributed by atoms with Gasteiger partial charge in [-0.15, -0.1) is 0 Å². The van der Waals surface area contributed by atoms with E-state index in [9.17, 15) is 14.6 Å². The van der Waals surface area contributed by atoms with Gasteiger partial charge < -0.3 is 10.2 Å². The first-order valence-electron chi connectivity index (χ1n) is 11.7. The minimum Gasteiger partial charge on any atom is -0.393 e. The molecule has 28 heavy (non-hydrogen) atoms. The first-order valence-corrected chi connectivity index (χ1v) is 11.7. The number of aliphatic hydroxyl groups is 2. The van der Waals surface area contributed by atoms with E-state index in [1.54, 1.807) is 5.57 Å². The summed E-state index contributed by atoms with van der Waals surface area (Å²) in [5.41, 5.74) is 2.62. The molecule has 0 aromatic heterocycles. The molecule has 0 radical (unpaired) electrons. The van der Waals surface area contributed by atoms with Gasteiger partial charge in [0.15, 0.2) is 0 Å². The molecule has 0 amide bonds. The van der Waals surface area contributed by atoms with Crippen molar-refractivity contribution >= 4 is 0 Å². The third-order valence-corrected chi connectivity index (χ3v) is 9.47. The fourth-order valence-electron chi connectivity index (χ4n) is 8.00. The third-order valence-electron chi connectivity index (χ3n) is 9.47. The number of aliphatic hydroxyl groups excluding tert-OH is 2. The average Bonchev–Trinajstić information content (AvgIpc) is 3.04. The lowest BCUT2D eigenvalue weighted by Crippen LogP contribution is -2.51. The first kappa shape index (κ1) is 20.6. The van der Waals surface area contributed by atoms with Gasteiger partial charge >= 0.3 is 0 Å². The second-order valence-corrected chi connectivity index (χ2v) is 10.6. The van der Waals surface area contributed by atoms with Gasteiger partial charge in [-0.2, -0.15) is 0 Å². The molecule has 4 rings (SSSR count). The molecule has 4 aliphatic carbocycles. The van der Waals surface area contributed by atoms with E-state index in [0.717, 1.165) is 56.9 Å². The van der Waals surface area contributed by atoms with Gasteiger partial charge in [-0.05, 0) is 85.5 Å². The zero-order valence-corrected chi connectivity index (χ0v) is 18.0. The Morgan fingerprint density at radius 1 is 1.14 bits per heavy atom. The predicted octanol–water partition coefficient (Wildman–Crippen LogP) is 5.94. The van der Waals surface area contributed by atoms with Gasteiger partial charge in [0.25, 0.3) is 0 Å². The first-order chi connectivity index (χ1) is 13.4. The highest BCUT2D eigenvalue weighted by Gasteiger charge is 2.58. The SMILES string of the molecule is CCCCC1C2=CC[C@@H]3[C@H](CC[C@]4(C)C(=C(F)CO)CC[C@@H]34)[C@@]2(C)CC[C@@H]1O. The lowest BCUT2D eigenvalue weighted by molar-refractivity contribution is -0.0428. The predicted molar refractivity (Wildman–Crippen MR) is 111 cm³/mol. The molecule has 2 N–H and O–H groups in total. The van der Waals surface area contributed by atoms with E-state index in [4.69, 9.17) is 0 Å². The topological polar surface area (TPSA) is 40.5 Å². The second-order valence-electron chi connectivity index (χ2n) is 10.6. The Morgan fingerprint density at radius 2 is 1.86 bits per heavy atom. The fourth-order valence-corrected chi connectivity index (χ4v) is 8.00. The Labute approximate surface area is 170 Å². The Kier molecular flexibility index (Phi) is 5.55. The number of rotatable bonds is 4. The standard InChI is InChI=1S/C25H39FO2/c1-4-5-6-17-19-8-7-16-18-9-10-21(22(26)15-27)25(18,3)13-11-20(16)24(19,2)14-12-23(17)28/h8,16-18,20,23,27-28H,4-7,9-15H2,1-3H3/t16-,17?,18-,20-,23-,24-,25-/m0/s1. The minimum absolute atomic E-state index is 0.0640. The normalized spacial score (nSPS) is 47.1. The summed E-state index contributed by atoms with van der Waals surface area (Å²) < 4.78 is 14.4. The molecule has 0 aromatic carbocycles. The highest BCUT2D eigenvalue weighted by Crippen LogP contribution is 2.67. The lowest BCUT2D eigenvalue weighted by Gasteiger charge is -2.59. The van der Waals surface area contributed by atoms with Crippen molar-refractivity contribution in [1.29, 1.82) is 0 Å². The van der Waals surface area contributed by atoms with Crippen molar-refractivity contribution in [3.63, 3.8) is 0 Å². The molecule has 3 heteroatoms. The maximum Gasteiger partial charge on any atom is 0.125 e. The summed E-state index contributed by atoms with van der Waals surface area (Å²) in [6.07, 6.45) is 13.0. The van der Waals surface area contributed by atoms with Crippen molar-refractivity contribution in [3.8, 4) is 0 Å². The quantitative estimate of drug-likeness (QED) is 0.583. The van der Waals surface area contributed by atoms with Crippen LogP contribution in [0.4, 0.5) is 4.39 Å². The number of allylic oxidation sites excluding steroid dienone is 2. The molecule has 0 bridgehead atoms. The van der Waals surface area contributed by atoms with Crippen LogP contribution in [0.15, 0.2) is 23.0 Å². The Hall–Kier alpha value is -0.670. The van der Waals surface area contributed by atoms with E-state index in [0.29, 0.717) is 23.7 Å². The monoisotopic (exact) mass is 390 g/mol. The van der Waals surface area contributed by atoms with Crippen LogP contribution in [0.25, 0.3) is 0 Å². The largest absolute Gasteiger partial charge is 0.393 e. The Balaban J connectivity index is 1.66. The highest BCUT2D eigenvalue weighted by atomic mass is 19.1. The summed E-state index contributed by atoms with van der Waals surface area (Å²) in [6.45, 7) is 6.54. The molecule has 158 valence electrons. The van der Waals surface area contributed by atoms with Crippen molar-refractivity contribution in [2.75, 3.05) is 6.61 Å². The van der Waals surface area contributed by atoms with Gasteiger partial charge in [-0.25, -0.2) is 4.39 Å². The van der Waals surface area contributed by atoms with E-state index >= 15 is 0 Å². The van der Waals surface area contributed by atoms with E-state index < -0.39 is 6.61 Å². The zero-order chi connectivity index (χ0) is 20.1. The number of hydrogen-bond acceptors (Lipinski definition) is 2. The van der Waals surface area contributed by atoms with Crippen LogP contribution in [0, 0.1) is 34.5 Å². The van der Waals surface area contributed by atoms with Crippen LogP contribution in [0.3, 0.4) is 0 Å². The lowest BCUT2D eigenvalue weighted by atomic mass is 9.46. The average molecular weight is 391 g/mol. The molecule has 0 saturated heterocycles. The molecule has 1 unspecified atom stereocenters. The van der Waals surface area contributed by atoms with Gasteiger partial charge in [-0.1, -0.05) is 45.3 Å². The number of halogens is 1. The van der Waals surface area contributed by atoms with Crippen LogP contribution in [0.5, 0.6) is 0 Å². The minimum atomic E-state index is -0.440. The molecule has 7 atom stereocenters. The van der Waals surface area contributed by atoms with Gasteiger partial charge in [0.05, 0.1) is 12.7 Å². The van der Waals surface area contributed by atoms with E-state index in [1.807, 2.05) is 0 Å². The third kappa shape index (κ3) is 2.95. The number of hydrogen-bond donors (Lipinski definition) is 2. The number of unbranched alkanes of at least 4 members (excludes halogenated alkanes) is 1. The van der Waals surface area contributed by atoms with Crippen molar-refractivity contribution in [3.05, 3.63) is 23.0 Å². The van der Waals surface area contributed by atoms with E-state index in [1.165, 1.54) is 12.8 Å². The molecule has 3 saturated carbocycles. The zero-order valence-electron chi connectivity index (χ0n) is 18.0. The summed E-state index contributed by atoms with van der Waals surface area (Å²) in [6, 6.07) is 0. The van der Waals surface area contributed by atoms with Crippen LogP contribution < -0.4 is 0 Å². The smallest absolute Gasteiger partial charge is 0.125 e. The summed E-state index contributed by atoms with van der Waals surface area (Å²) in [5.74, 6) is 1.91. The van der Waals surface area contributed by atoms with Gasteiger partial charge in [-0.3, -0.25) is 0 Å². The van der Waals surface area contributed by atoms with Crippen molar-refractivity contribution < 1.29 is 14.6 Å². The Bertz CT molecular complexity index is 667. The van der Waals surface area contributed by atoms with E-state index in [-0.39, 0.29) is 22.8 Å². The van der Waals surface area contributed by atoms with Gasteiger partial charge in [0, 0.05) is 5.92 Å².